The molecule has 2 aliphatic carbocycles. The molecular weight excluding hydrogens is 84.1 g/mol. The number of rotatable bonds is 0. The third-order valence-corrected chi connectivity index (χ3v) is 2.30. The summed E-state index contributed by atoms with van der Waals surface area (Å²) in [5.41, 5.74) is 0. The topological polar surface area (TPSA) is 0 Å². The Kier molecular flexibility index (Phi) is 0.592. The van der Waals surface area contributed by atoms with Crippen LogP contribution in [-0.4, -0.2) is 0 Å². The monoisotopic (exact) mass is 94.1 g/mol. The highest BCUT2D eigenvalue weighted by Gasteiger charge is 2.30. The normalized spacial score (nSPS) is 45.7. The molecule has 0 bridgehead atoms. The predicted molar refractivity (Wildman–Crippen MR) is 30.0 cm³/mol. The number of fused-ring (bicyclic) bond motifs is 1. The summed E-state index contributed by atoms with van der Waals surface area (Å²) in [6, 6.07) is 0. The smallest absolute Gasteiger partial charge is 0.0202 e. The summed E-state index contributed by atoms with van der Waals surface area (Å²) in [6.07, 6.45) is 9.07. The van der Waals surface area contributed by atoms with Gasteiger partial charge in [-0.1, -0.05) is 12.2 Å². The van der Waals surface area contributed by atoms with Gasteiger partial charge < -0.3 is 0 Å². The zero-order valence-corrected chi connectivity index (χ0v) is 4.43. The molecule has 2 aliphatic rings. The van der Waals surface area contributed by atoms with Crippen LogP contribution < -0.4 is 0 Å². The van der Waals surface area contributed by atoms with Crippen molar-refractivity contribution >= 4 is 0 Å². The molecule has 38 valence electrons. The molecule has 0 unspecified atom stereocenters. The first-order chi connectivity index (χ1) is 3.47. The molecule has 0 saturated heterocycles. The van der Waals surface area contributed by atoms with Crippen molar-refractivity contribution in [2.45, 2.75) is 19.3 Å². The van der Waals surface area contributed by atoms with E-state index in [9.17, 15) is 0 Å². The molecule has 0 aliphatic heterocycles. The van der Waals surface area contributed by atoms with Gasteiger partial charge in [0.1, 0.15) is 0 Å². The van der Waals surface area contributed by atoms with E-state index in [1.165, 1.54) is 19.3 Å². The lowest BCUT2D eigenvalue weighted by Gasteiger charge is -2.29. The summed E-state index contributed by atoms with van der Waals surface area (Å²) in [7, 11) is 0. The highest BCUT2D eigenvalue weighted by Crippen LogP contribution is 2.41. The van der Waals surface area contributed by atoms with Gasteiger partial charge in [-0.3, -0.25) is 0 Å². The fraction of sp³-hybridized carbons (Fsp3) is 0.714. The molecule has 2 rings (SSSR count). The van der Waals surface area contributed by atoms with E-state index in [0.717, 1.165) is 11.8 Å². The number of hydrogen-bond donors (Lipinski definition) is 0. The third-order valence-electron chi connectivity index (χ3n) is 2.30. The van der Waals surface area contributed by atoms with Crippen LogP contribution >= 0.6 is 0 Å². The summed E-state index contributed by atoms with van der Waals surface area (Å²) >= 11 is 0. The van der Waals surface area contributed by atoms with E-state index >= 15 is 0 Å². The quantitative estimate of drug-likeness (QED) is 0.402. The van der Waals surface area contributed by atoms with Crippen LogP contribution in [0.25, 0.3) is 0 Å². The largest absolute Gasteiger partial charge is 0.0880 e. The van der Waals surface area contributed by atoms with Gasteiger partial charge in [0.15, 0.2) is 0 Å². The molecule has 0 spiro atoms. The molecule has 0 aromatic heterocycles. The van der Waals surface area contributed by atoms with Crippen LogP contribution in [0.1, 0.15) is 19.3 Å². The van der Waals surface area contributed by atoms with Crippen molar-refractivity contribution in [3.63, 3.8) is 0 Å². The minimum atomic E-state index is 1.01. The van der Waals surface area contributed by atoms with E-state index in [4.69, 9.17) is 0 Å². The van der Waals surface area contributed by atoms with Gasteiger partial charge in [0.25, 0.3) is 0 Å². The van der Waals surface area contributed by atoms with Gasteiger partial charge >= 0.3 is 0 Å². The van der Waals surface area contributed by atoms with E-state index < -0.39 is 0 Å². The van der Waals surface area contributed by atoms with Crippen molar-refractivity contribution in [1.29, 1.82) is 0 Å². The van der Waals surface area contributed by atoms with Gasteiger partial charge in [-0.05, 0) is 31.1 Å². The summed E-state index contributed by atoms with van der Waals surface area (Å²) in [6.45, 7) is 0. The van der Waals surface area contributed by atoms with E-state index in [0.29, 0.717) is 0 Å². The average molecular weight is 94.2 g/mol. The van der Waals surface area contributed by atoms with E-state index in [2.05, 4.69) is 12.2 Å². The lowest BCUT2D eigenvalue weighted by Crippen LogP contribution is -2.18. The molecule has 0 heterocycles. The third kappa shape index (κ3) is 0.370. The summed E-state index contributed by atoms with van der Waals surface area (Å²) in [5, 5.41) is 0. The standard InChI is InChI=1S/C7H10/c1-2-6-4-5-7(6)3-1/h1-2,6-7H,3-5H2/t6-,7+/m1/s1. The molecule has 0 nitrogen and oxygen atoms in total. The highest BCUT2D eigenvalue weighted by molar-refractivity contribution is 5.05. The highest BCUT2D eigenvalue weighted by atomic mass is 14.3. The van der Waals surface area contributed by atoms with Gasteiger partial charge in [-0.25, -0.2) is 0 Å². The molecule has 7 heavy (non-hydrogen) atoms. The second kappa shape index (κ2) is 1.12. The maximum absolute atomic E-state index is 2.38. The van der Waals surface area contributed by atoms with Gasteiger partial charge in [0.2, 0.25) is 0 Å². The molecule has 0 N–H and O–H groups in total. The van der Waals surface area contributed by atoms with Crippen LogP contribution in [0.3, 0.4) is 0 Å². The molecule has 2 atom stereocenters. The Morgan fingerprint density at radius 1 is 1.29 bits per heavy atom. The molecule has 1 saturated carbocycles. The van der Waals surface area contributed by atoms with Crippen molar-refractivity contribution in [2.75, 3.05) is 0 Å². The zero-order chi connectivity index (χ0) is 4.69. The Hall–Kier alpha value is -0.260. The molecule has 0 heteroatoms. The van der Waals surface area contributed by atoms with Crippen molar-refractivity contribution in [2.24, 2.45) is 11.8 Å². The molecule has 1 fully saturated rings. The first-order valence-electron chi connectivity index (χ1n) is 3.13. The first-order valence-corrected chi connectivity index (χ1v) is 3.13. The van der Waals surface area contributed by atoms with Crippen LogP contribution in [0.4, 0.5) is 0 Å². The summed E-state index contributed by atoms with van der Waals surface area (Å²) in [4.78, 5) is 0. The lowest BCUT2D eigenvalue weighted by atomic mass is 9.76. The lowest BCUT2D eigenvalue weighted by molar-refractivity contribution is 0.249. The second-order valence-corrected chi connectivity index (χ2v) is 2.67. The fourth-order valence-electron chi connectivity index (χ4n) is 1.57. The van der Waals surface area contributed by atoms with Crippen LogP contribution in [0.15, 0.2) is 12.2 Å². The molecule has 0 radical (unpaired) electrons. The molecular formula is C7H10. The van der Waals surface area contributed by atoms with Gasteiger partial charge in [0, 0.05) is 0 Å². The second-order valence-electron chi connectivity index (χ2n) is 2.67. The van der Waals surface area contributed by atoms with E-state index in [1.54, 1.807) is 0 Å². The van der Waals surface area contributed by atoms with Crippen molar-refractivity contribution in [3.05, 3.63) is 12.2 Å². The number of hydrogen-bond acceptors (Lipinski definition) is 0. The van der Waals surface area contributed by atoms with Crippen molar-refractivity contribution in [3.8, 4) is 0 Å². The SMILES string of the molecule is C1=C[C@@H]2CC[C@@H]2C1. The number of allylic oxidation sites excluding steroid dienone is 2. The maximum Gasteiger partial charge on any atom is -0.0202 e. The summed E-state index contributed by atoms with van der Waals surface area (Å²) in [5.74, 6) is 2.10. The molecule has 0 aromatic rings. The van der Waals surface area contributed by atoms with E-state index in [-0.39, 0.29) is 0 Å². The van der Waals surface area contributed by atoms with Gasteiger partial charge in [-0.15, -0.1) is 0 Å². The first kappa shape index (κ1) is 3.71. The predicted octanol–water partition coefficient (Wildman–Crippen LogP) is 1.97. The van der Waals surface area contributed by atoms with Crippen LogP contribution in [0, 0.1) is 11.8 Å². The Morgan fingerprint density at radius 2 is 2.29 bits per heavy atom. The van der Waals surface area contributed by atoms with Crippen molar-refractivity contribution in [1.82, 2.24) is 0 Å². The average Bonchev–Trinajstić information content (AvgIpc) is 1.85. The van der Waals surface area contributed by atoms with Crippen LogP contribution in [0.5, 0.6) is 0 Å². The Labute approximate surface area is 44.2 Å². The Morgan fingerprint density at radius 3 is 2.57 bits per heavy atom. The molecule has 0 amide bonds. The Balaban J connectivity index is 2.14. The fourth-order valence-corrected chi connectivity index (χ4v) is 1.57. The minimum Gasteiger partial charge on any atom is -0.0880 e. The van der Waals surface area contributed by atoms with Gasteiger partial charge in [-0.2, -0.15) is 0 Å². The summed E-state index contributed by atoms with van der Waals surface area (Å²) < 4.78 is 0. The van der Waals surface area contributed by atoms with E-state index in [1.807, 2.05) is 0 Å². The Bertz CT molecular complexity index is 103. The van der Waals surface area contributed by atoms with Crippen LogP contribution in [-0.2, 0) is 0 Å². The maximum atomic E-state index is 2.38. The minimum absolute atomic E-state index is 1.01. The van der Waals surface area contributed by atoms with Gasteiger partial charge in [0.05, 0.1) is 0 Å². The molecule has 0 aromatic carbocycles. The van der Waals surface area contributed by atoms with Crippen LogP contribution in [0.2, 0.25) is 0 Å². The van der Waals surface area contributed by atoms with Crippen molar-refractivity contribution < 1.29 is 0 Å². The zero-order valence-electron chi connectivity index (χ0n) is 4.43.